The molecule has 0 radical (unpaired) electrons. The number of fused-ring (bicyclic) bond motifs is 1. The van der Waals surface area contributed by atoms with Crippen molar-refractivity contribution in [3.63, 3.8) is 0 Å². The average molecular weight is 569 g/mol. The summed E-state index contributed by atoms with van der Waals surface area (Å²) < 4.78 is 32.9. The number of hydrogen-bond donors (Lipinski definition) is 2. The van der Waals surface area contributed by atoms with Gasteiger partial charge in [0.1, 0.15) is 0 Å². The second-order valence-corrected chi connectivity index (χ2v) is 11.9. The number of hydrogen-bond acceptors (Lipinski definition) is 3. The van der Waals surface area contributed by atoms with Gasteiger partial charge in [0.05, 0.1) is 28.5 Å². The van der Waals surface area contributed by atoms with E-state index < -0.39 is 22.2 Å². The summed E-state index contributed by atoms with van der Waals surface area (Å²) in [6.45, 7) is 4.44. The summed E-state index contributed by atoms with van der Waals surface area (Å²) >= 11 is 0. The molecule has 1 unspecified atom stereocenters. The van der Waals surface area contributed by atoms with Crippen LogP contribution in [0.3, 0.4) is 0 Å². The van der Waals surface area contributed by atoms with Crippen molar-refractivity contribution in [3.05, 3.63) is 131 Å². The van der Waals surface area contributed by atoms with Gasteiger partial charge in [-0.15, -0.1) is 4.99 Å². The molecule has 1 aromatic heterocycles. The number of sulfonamides is 1. The lowest BCUT2D eigenvalue weighted by Crippen LogP contribution is -2.37. The molecule has 0 bridgehead atoms. The van der Waals surface area contributed by atoms with E-state index >= 15 is 0 Å². The maximum Gasteiger partial charge on any atom is 0.434 e. The fraction of sp³-hybridized carbons (Fsp3) is 0.188. The zero-order valence-electron chi connectivity index (χ0n) is 22.9. The molecule has 1 heterocycles. The standard InChI is InChI=1S/C32H32N4O4S/c1-23-12-16-25(17-13-23)20-27(21-33-41(39,40)28-8-4-3-5-9-28)36-30-11-7-6-10-29(30)35(31(36)34-32(37)38)22-26-18-14-24(2)15-19-26/h3-19,27,33H,20-22H2,1-2H3,(H,37,38). The number of amides is 1. The van der Waals surface area contributed by atoms with Crippen LogP contribution in [0.1, 0.15) is 28.3 Å². The minimum absolute atomic E-state index is 0.0243. The Hall–Kier alpha value is -4.47. The van der Waals surface area contributed by atoms with Crippen LogP contribution in [0.5, 0.6) is 0 Å². The second kappa shape index (κ2) is 12.0. The molecule has 0 aliphatic heterocycles. The second-order valence-electron chi connectivity index (χ2n) is 10.1. The van der Waals surface area contributed by atoms with Crippen LogP contribution in [0.25, 0.3) is 11.0 Å². The lowest BCUT2D eigenvalue weighted by molar-refractivity contribution is 0.204. The summed E-state index contributed by atoms with van der Waals surface area (Å²) in [5.74, 6) is 0. The van der Waals surface area contributed by atoms with Gasteiger partial charge in [-0.1, -0.05) is 90.0 Å². The van der Waals surface area contributed by atoms with Gasteiger partial charge in [-0.3, -0.25) is 0 Å². The largest absolute Gasteiger partial charge is 0.463 e. The van der Waals surface area contributed by atoms with Crippen LogP contribution in [0.4, 0.5) is 4.79 Å². The summed E-state index contributed by atoms with van der Waals surface area (Å²) in [5.41, 5.74) is 6.01. The Morgan fingerprint density at radius 2 is 1.37 bits per heavy atom. The zero-order chi connectivity index (χ0) is 29.0. The Morgan fingerprint density at radius 1 is 0.805 bits per heavy atom. The molecular weight excluding hydrogens is 536 g/mol. The third-order valence-corrected chi connectivity index (χ3v) is 8.50. The molecule has 0 spiro atoms. The number of aryl methyl sites for hydroxylation is 2. The first-order valence-electron chi connectivity index (χ1n) is 13.3. The first-order valence-corrected chi connectivity index (χ1v) is 14.8. The maximum absolute atomic E-state index is 13.2. The predicted molar refractivity (Wildman–Crippen MR) is 159 cm³/mol. The Bertz CT molecular complexity index is 1840. The summed E-state index contributed by atoms with van der Waals surface area (Å²) in [6, 6.07) is 31.4. The van der Waals surface area contributed by atoms with E-state index in [0.717, 1.165) is 33.3 Å². The lowest BCUT2D eigenvalue weighted by Gasteiger charge is -2.21. The quantitative estimate of drug-likeness (QED) is 0.247. The van der Waals surface area contributed by atoms with Crippen LogP contribution < -0.4 is 10.3 Å². The highest BCUT2D eigenvalue weighted by molar-refractivity contribution is 7.89. The van der Waals surface area contributed by atoms with Crippen LogP contribution in [0.2, 0.25) is 0 Å². The van der Waals surface area contributed by atoms with Crippen molar-refractivity contribution >= 4 is 27.1 Å². The summed E-state index contributed by atoms with van der Waals surface area (Å²) in [6.07, 6.45) is -0.881. The normalized spacial score (nSPS) is 13.0. The number of carbonyl (C=O) groups is 1. The van der Waals surface area contributed by atoms with Crippen LogP contribution >= 0.6 is 0 Å². The number of nitrogens with one attached hydrogen (secondary N) is 1. The smallest absolute Gasteiger partial charge is 0.434 e. The molecule has 0 aliphatic carbocycles. The van der Waals surface area contributed by atoms with Gasteiger partial charge >= 0.3 is 6.09 Å². The van der Waals surface area contributed by atoms with E-state index in [0.29, 0.717) is 13.0 Å². The number of para-hydroxylation sites is 2. The third kappa shape index (κ3) is 6.48. The van der Waals surface area contributed by atoms with Crippen molar-refractivity contribution in [3.8, 4) is 0 Å². The van der Waals surface area contributed by atoms with Gasteiger partial charge in [0.15, 0.2) is 0 Å². The fourth-order valence-corrected chi connectivity index (χ4v) is 6.07. The van der Waals surface area contributed by atoms with Crippen molar-refractivity contribution in [2.45, 2.75) is 37.8 Å². The van der Waals surface area contributed by atoms with Crippen molar-refractivity contribution in [1.82, 2.24) is 13.9 Å². The van der Waals surface area contributed by atoms with Gasteiger partial charge in [0.25, 0.3) is 0 Å². The van der Waals surface area contributed by atoms with Gasteiger partial charge in [-0.2, -0.15) is 0 Å². The number of nitrogens with zero attached hydrogens (tertiary/aromatic N) is 3. The van der Waals surface area contributed by atoms with Gasteiger partial charge < -0.3 is 14.2 Å². The van der Waals surface area contributed by atoms with Gasteiger partial charge in [0.2, 0.25) is 15.6 Å². The van der Waals surface area contributed by atoms with E-state index in [1.807, 2.05) is 95.8 Å². The maximum atomic E-state index is 13.2. The van der Waals surface area contributed by atoms with Gasteiger partial charge in [0, 0.05) is 6.54 Å². The van der Waals surface area contributed by atoms with E-state index in [1.165, 1.54) is 0 Å². The Kier molecular flexibility index (Phi) is 8.19. The highest BCUT2D eigenvalue weighted by Crippen LogP contribution is 2.23. The SMILES string of the molecule is Cc1ccc(CC(CNS(=O)(=O)c2ccccc2)n2c(=NC(=O)O)n(Cc3ccc(C)cc3)c3ccccc32)cc1. The molecule has 2 N–H and O–H groups in total. The molecule has 1 atom stereocenters. The van der Waals surface area contributed by atoms with Crippen LogP contribution in [-0.4, -0.2) is 35.3 Å². The van der Waals surface area contributed by atoms with Crippen molar-refractivity contribution in [2.24, 2.45) is 4.99 Å². The van der Waals surface area contributed by atoms with E-state index in [4.69, 9.17) is 0 Å². The van der Waals surface area contributed by atoms with Gasteiger partial charge in [-0.05, 0) is 55.7 Å². The van der Waals surface area contributed by atoms with E-state index in [-0.39, 0.29) is 17.1 Å². The Morgan fingerprint density at radius 3 is 1.98 bits per heavy atom. The van der Waals surface area contributed by atoms with Crippen LogP contribution in [0.15, 0.2) is 113 Å². The summed E-state index contributed by atoms with van der Waals surface area (Å²) in [4.78, 5) is 16.3. The topological polar surface area (TPSA) is 106 Å². The highest BCUT2D eigenvalue weighted by Gasteiger charge is 2.23. The summed E-state index contributed by atoms with van der Waals surface area (Å²) in [5, 5.41) is 9.85. The molecule has 5 aromatic rings. The first-order chi connectivity index (χ1) is 19.7. The number of benzene rings is 4. The lowest BCUT2D eigenvalue weighted by atomic mass is 10.0. The molecule has 1 amide bonds. The number of imidazole rings is 1. The average Bonchev–Trinajstić information content (AvgIpc) is 3.25. The fourth-order valence-electron chi connectivity index (χ4n) is 4.97. The predicted octanol–water partition coefficient (Wildman–Crippen LogP) is 5.45. The van der Waals surface area contributed by atoms with Crippen molar-refractivity contribution < 1.29 is 18.3 Å². The van der Waals surface area contributed by atoms with Gasteiger partial charge in [-0.25, -0.2) is 17.9 Å². The first kappa shape index (κ1) is 28.1. The van der Waals surface area contributed by atoms with E-state index in [2.05, 4.69) is 9.71 Å². The molecule has 9 heteroatoms. The molecule has 210 valence electrons. The van der Waals surface area contributed by atoms with E-state index in [9.17, 15) is 18.3 Å². The minimum atomic E-state index is -3.81. The van der Waals surface area contributed by atoms with E-state index in [1.54, 1.807) is 30.3 Å². The van der Waals surface area contributed by atoms with Crippen molar-refractivity contribution in [1.29, 1.82) is 0 Å². The Labute approximate surface area is 239 Å². The molecule has 41 heavy (non-hydrogen) atoms. The third-order valence-electron chi connectivity index (χ3n) is 7.07. The molecule has 0 fully saturated rings. The monoisotopic (exact) mass is 568 g/mol. The van der Waals surface area contributed by atoms with Crippen LogP contribution in [0, 0.1) is 13.8 Å². The molecule has 8 nitrogen and oxygen atoms in total. The molecule has 0 aliphatic rings. The summed E-state index contributed by atoms with van der Waals surface area (Å²) in [7, 11) is -3.81. The molecule has 4 aromatic carbocycles. The number of aromatic nitrogens is 2. The van der Waals surface area contributed by atoms with Crippen molar-refractivity contribution in [2.75, 3.05) is 6.54 Å². The zero-order valence-corrected chi connectivity index (χ0v) is 23.8. The van der Waals surface area contributed by atoms with Crippen LogP contribution in [-0.2, 0) is 23.0 Å². The molecule has 0 saturated carbocycles. The molecule has 0 saturated heterocycles. The Balaban J connectivity index is 1.66. The molecular formula is C32H32N4O4S. The number of rotatable bonds is 9. The minimum Gasteiger partial charge on any atom is -0.463 e. The molecule has 5 rings (SSSR count). The number of carboxylic acid groups (broad SMARTS) is 1. The highest BCUT2D eigenvalue weighted by atomic mass is 32.2.